The second kappa shape index (κ2) is 6.98. The first kappa shape index (κ1) is 16.9. The van der Waals surface area contributed by atoms with Crippen LogP contribution in [0.2, 0.25) is 5.02 Å². The van der Waals surface area contributed by atoms with E-state index in [9.17, 15) is 10.4 Å². The number of hydrogen-bond acceptors (Lipinski definition) is 6. The Morgan fingerprint density at radius 2 is 1.96 bits per heavy atom. The van der Waals surface area contributed by atoms with Gasteiger partial charge in [0.25, 0.3) is 0 Å². The fourth-order valence-corrected chi connectivity index (χ4v) is 3.22. The molecule has 2 aromatic heterocycles. The Morgan fingerprint density at radius 3 is 2.74 bits per heavy atom. The number of hydrogen-bond donors (Lipinski definition) is 2. The fourth-order valence-electron chi connectivity index (χ4n) is 2.94. The lowest BCUT2D eigenvalue weighted by atomic mass is 9.95. The van der Waals surface area contributed by atoms with Gasteiger partial charge in [0.05, 0.1) is 16.6 Å². The maximum atomic E-state index is 10.8. The minimum absolute atomic E-state index is 0.0203. The van der Waals surface area contributed by atoms with Crippen LogP contribution < -0.4 is 5.32 Å². The molecule has 1 atom stereocenters. The van der Waals surface area contributed by atoms with Gasteiger partial charge < -0.3 is 14.8 Å². The molecule has 2 aromatic carbocycles. The summed E-state index contributed by atoms with van der Waals surface area (Å²) in [5.74, 6) is 0.577. The van der Waals surface area contributed by atoms with Crippen molar-refractivity contribution in [2.24, 2.45) is 0 Å². The van der Waals surface area contributed by atoms with E-state index in [2.05, 4.69) is 21.4 Å². The number of oxazole rings is 1. The molecule has 6 nitrogen and oxygen atoms in total. The highest BCUT2D eigenvalue weighted by atomic mass is 35.5. The smallest absolute Gasteiger partial charge is 0.182 e. The monoisotopic (exact) mass is 376 g/mol. The van der Waals surface area contributed by atoms with Crippen LogP contribution in [0, 0.1) is 11.3 Å². The van der Waals surface area contributed by atoms with Crippen LogP contribution >= 0.6 is 11.6 Å². The highest BCUT2D eigenvalue weighted by Crippen LogP contribution is 2.39. The zero-order chi connectivity index (χ0) is 18.8. The van der Waals surface area contributed by atoms with Gasteiger partial charge in [0.15, 0.2) is 23.2 Å². The first-order chi connectivity index (χ1) is 13.2. The van der Waals surface area contributed by atoms with E-state index in [-0.39, 0.29) is 5.75 Å². The summed E-state index contributed by atoms with van der Waals surface area (Å²) in [6, 6.07) is 15.6. The molecule has 0 aliphatic rings. The Bertz CT molecular complexity index is 1150. The summed E-state index contributed by atoms with van der Waals surface area (Å²) < 4.78 is 5.24. The molecule has 0 fully saturated rings. The third-order valence-electron chi connectivity index (χ3n) is 4.24. The Kier molecular flexibility index (Phi) is 4.37. The van der Waals surface area contributed by atoms with Crippen molar-refractivity contribution in [1.29, 1.82) is 5.26 Å². The van der Waals surface area contributed by atoms with Gasteiger partial charge in [-0.25, -0.2) is 9.97 Å². The lowest BCUT2D eigenvalue weighted by Gasteiger charge is -2.22. The summed E-state index contributed by atoms with van der Waals surface area (Å²) in [5.41, 5.74) is 2.36. The molecule has 27 heavy (non-hydrogen) atoms. The van der Waals surface area contributed by atoms with Gasteiger partial charge in [-0.3, -0.25) is 0 Å². The Labute approximate surface area is 159 Å². The molecule has 7 heteroatoms. The molecule has 132 valence electrons. The van der Waals surface area contributed by atoms with Crippen LogP contribution in [-0.2, 0) is 0 Å². The molecule has 4 rings (SSSR count). The van der Waals surface area contributed by atoms with Gasteiger partial charge >= 0.3 is 0 Å². The molecule has 2 N–H and O–H groups in total. The van der Waals surface area contributed by atoms with Crippen LogP contribution in [0.1, 0.15) is 22.7 Å². The molecule has 2 heterocycles. The van der Waals surface area contributed by atoms with Gasteiger partial charge in [-0.15, -0.1) is 0 Å². The van der Waals surface area contributed by atoms with Crippen LogP contribution in [-0.4, -0.2) is 15.1 Å². The van der Waals surface area contributed by atoms with E-state index in [1.807, 2.05) is 12.1 Å². The highest BCUT2D eigenvalue weighted by molar-refractivity contribution is 6.32. The number of anilines is 1. The number of rotatable bonds is 4. The summed E-state index contributed by atoms with van der Waals surface area (Å²) >= 11 is 6.47. The quantitative estimate of drug-likeness (QED) is 0.538. The fraction of sp³-hybridized carbons (Fsp3) is 0.0500. The second-order valence-electron chi connectivity index (χ2n) is 5.82. The number of pyridine rings is 1. The number of aromatic hydroxyl groups is 1. The molecule has 1 unspecified atom stereocenters. The molecule has 0 bridgehead atoms. The van der Waals surface area contributed by atoms with E-state index < -0.39 is 6.04 Å². The first-order valence-corrected chi connectivity index (χ1v) is 8.48. The largest absolute Gasteiger partial charge is 0.505 e. The standard InChI is InChI=1S/C20H13ClN4O2/c21-17-12(10-22)4-3-5-13(17)18(25-16-6-1-2-9-23-16)14-7-8-15-19(20(14)26)24-11-27-15/h1-9,11,18,26H,(H,23,25). The number of benzene rings is 2. The highest BCUT2D eigenvalue weighted by Gasteiger charge is 2.24. The first-order valence-electron chi connectivity index (χ1n) is 8.10. The molecule has 0 aliphatic carbocycles. The summed E-state index contributed by atoms with van der Waals surface area (Å²) in [7, 11) is 0. The zero-order valence-electron chi connectivity index (χ0n) is 13.9. The number of nitriles is 1. The number of aromatic nitrogens is 2. The molecule has 0 saturated carbocycles. The van der Waals surface area contributed by atoms with E-state index in [0.717, 1.165) is 0 Å². The molecule has 4 aromatic rings. The Hall–Kier alpha value is -3.56. The molecule has 0 aliphatic heterocycles. The van der Waals surface area contributed by atoms with Crippen molar-refractivity contribution >= 4 is 28.5 Å². The molecule has 0 spiro atoms. The van der Waals surface area contributed by atoms with Crippen molar-refractivity contribution < 1.29 is 9.52 Å². The van der Waals surface area contributed by atoms with Crippen molar-refractivity contribution in [3.8, 4) is 11.8 Å². The van der Waals surface area contributed by atoms with Gasteiger partial charge in [0.2, 0.25) is 0 Å². The number of phenols is 1. The van der Waals surface area contributed by atoms with Gasteiger partial charge in [0.1, 0.15) is 11.9 Å². The Balaban J connectivity index is 1.90. The average Bonchev–Trinajstić information content (AvgIpc) is 3.18. The number of halogens is 1. The molecular weight excluding hydrogens is 364 g/mol. The third-order valence-corrected chi connectivity index (χ3v) is 4.66. The number of phenolic OH excluding ortho intramolecular Hbond substituents is 1. The minimum Gasteiger partial charge on any atom is -0.505 e. The normalized spacial score (nSPS) is 11.9. The van der Waals surface area contributed by atoms with Crippen molar-refractivity contribution in [3.63, 3.8) is 0 Å². The SMILES string of the molecule is N#Cc1cccc(C(Nc2ccccn2)c2ccc3ocnc3c2O)c1Cl. The van der Waals surface area contributed by atoms with E-state index in [1.54, 1.807) is 42.6 Å². The van der Waals surface area contributed by atoms with Crippen molar-refractivity contribution in [1.82, 2.24) is 9.97 Å². The van der Waals surface area contributed by atoms with Gasteiger partial charge in [0, 0.05) is 11.8 Å². The van der Waals surface area contributed by atoms with Crippen LogP contribution in [0.25, 0.3) is 11.1 Å². The lowest BCUT2D eigenvalue weighted by molar-refractivity contribution is 0.471. The van der Waals surface area contributed by atoms with E-state index in [4.69, 9.17) is 16.0 Å². The van der Waals surface area contributed by atoms with Gasteiger partial charge in [-0.1, -0.05) is 29.8 Å². The maximum Gasteiger partial charge on any atom is 0.182 e. The predicted octanol–water partition coefficient (Wildman–Crippen LogP) is 4.65. The topological polar surface area (TPSA) is 95.0 Å². The molecule has 0 radical (unpaired) electrons. The maximum absolute atomic E-state index is 10.8. The number of nitrogens with zero attached hydrogens (tertiary/aromatic N) is 3. The lowest BCUT2D eigenvalue weighted by Crippen LogP contribution is -2.14. The zero-order valence-corrected chi connectivity index (χ0v) is 14.7. The summed E-state index contributed by atoms with van der Waals surface area (Å²) in [5, 5.41) is 23.7. The van der Waals surface area contributed by atoms with Gasteiger partial charge in [-0.2, -0.15) is 5.26 Å². The van der Waals surface area contributed by atoms with E-state index >= 15 is 0 Å². The Morgan fingerprint density at radius 1 is 1.07 bits per heavy atom. The molecule has 0 saturated heterocycles. The summed E-state index contributed by atoms with van der Waals surface area (Å²) in [6.45, 7) is 0. The molecular formula is C20H13ClN4O2. The predicted molar refractivity (Wildman–Crippen MR) is 102 cm³/mol. The summed E-state index contributed by atoms with van der Waals surface area (Å²) in [4.78, 5) is 8.36. The van der Waals surface area contributed by atoms with Crippen molar-refractivity contribution in [2.75, 3.05) is 5.32 Å². The minimum atomic E-state index is -0.554. The van der Waals surface area contributed by atoms with E-state index in [0.29, 0.717) is 38.6 Å². The van der Waals surface area contributed by atoms with Crippen molar-refractivity contribution in [3.05, 3.63) is 82.8 Å². The second-order valence-corrected chi connectivity index (χ2v) is 6.19. The third kappa shape index (κ3) is 3.05. The van der Waals surface area contributed by atoms with E-state index in [1.165, 1.54) is 6.39 Å². The average molecular weight is 377 g/mol. The number of fused-ring (bicyclic) bond motifs is 1. The van der Waals surface area contributed by atoms with Crippen LogP contribution in [0.5, 0.6) is 5.75 Å². The van der Waals surface area contributed by atoms with Crippen LogP contribution in [0.3, 0.4) is 0 Å². The van der Waals surface area contributed by atoms with Gasteiger partial charge in [-0.05, 0) is 35.9 Å². The van der Waals surface area contributed by atoms with Crippen molar-refractivity contribution in [2.45, 2.75) is 6.04 Å². The van der Waals surface area contributed by atoms with Crippen LogP contribution in [0.15, 0.2) is 65.5 Å². The summed E-state index contributed by atoms with van der Waals surface area (Å²) in [6.07, 6.45) is 2.94. The van der Waals surface area contributed by atoms with Crippen LogP contribution in [0.4, 0.5) is 5.82 Å². The molecule has 0 amide bonds. The number of nitrogens with one attached hydrogen (secondary N) is 1.